The summed E-state index contributed by atoms with van der Waals surface area (Å²) in [6.07, 6.45) is 0. The second kappa shape index (κ2) is 5.71. The molecule has 5 aromatic carbocycles. The molecule has 0 fully saturated rings. The quantitative estimate of drug-likeness (QED) is 0.222. The molecule has 0 heterocycles. The van der Waals surface area contributed by atoms with E-state index in [0.717, 1.165) is 4.47 Å². The predicted molar refractivity (Wildman–Crippen MR) is 128 cm³/mol. The fraction of sp³-hybridized carbons (Fsp3) is 0.0345. The van der Waals surface area contributed by atoms with Crippen molar-refractivity contribution < 1.29 is 0 Å². The predicted octanol–water partition coefficient (Wildman–Crippen LogP) is 7.95. The van der Waals surface area contributed by atoms with Crippen LogP contribution in [-0.2, 0) is 5.41 Å². The molecule has 2 aliphatic carbocycles. The Kier molecular flexibility index (Phi) is 3.16. The number of hydrogen-bond acceptors (Lipinski definition) is 0. The van der Waals surface area contributed by atoms with Gasteiger partial charge < -0.3 is 0 Å². The van der Waals surface area contributed by atoms with Gasteiger partial charge in [-0.15, -0.1) is 0 Å². The van der Waals surface area contributed by atoms with Gasteiger partial charge in [0.15, 0.2) is 0 Å². The van der Waals surface area contributed by atoms with Crippen LogP contribution in [0.3, 0.4) is 0 Å². The van der Waals surface area contributed by atoms with Crippen LogP contribution in [0.4, 0.5) is 0 Å². The third kappa shape index (κ3) is 1.83. The van der Waals surface area contributed by atoms with Gasteiger partial charge in [-0.25, -0.2) is 0 Å². The highest BCUT2D eigenvalue weighted by atomic mass is 79.9. The maximum absolute atomic E-state index is 3.77. The molecule has 0 aromatic heterocycles. The largest absolute Gasteiger partial charge is 0.0726 e. The van der Waals surface area contributed by atoms with E-state index in [2.05, 4.69) is 119 Å². The molecule has 0 atom stereocenters. The van der Waals surface area contributed by atoms with E-state index in [9.17, 15) is 0 Å². The van der Waals surface area contributed by atoms with Crippen molar-refractivity contribution in [3.63, 3.8) is 0 Å². The zero-order chi connectivity index (χ0) is 19.9. The Balaban J connectivity index is 1.76. The van der Waals surface area contributed by atoms with Gasteiger partial charge in [-0.05, 0) is 67.4 Å². The number of rotatable bonds is 0. The minimum absolute atomic E-state index is 0.272. The van der Waals surface area contributed by atoms with Crippen molar-refractivity contribution in [1.82, 2.24) is 0 Å². The fourth-order valence-electron chi connectivity index (χ4n) is 5.88. The first-order chi connectivity index (χ1) is 14.8. The average molecular weight is 445 g/mol. The number of benzene rings is 5. The summed E-state index contributed by atoms with van der Waals surface area (Å²) < 4.78 is 1.12. The third-order valence-corrected chi connectivity index (χ3v) is 7.43. The Morgan fingerprint density at radius 2 is 1.17 bits per heavy atom. The Morgan fingerprint density at radius 3 is 1.93 bits per heavy atom. The van der Waals surface area contributed by atoms with E-state index in [0.29, 0.717) is 0 Å². The third-order valence-electron chi connectivity index (χ3n) is 6.94. The zero-order valence-corrected chi connectivity index (χ0v) is 17.8. The van der Waals surface area contributed by atoms with E-state index < -0.39 is 0 Å². The van der Waals surface area contributed by atoms with Gasteiger partial charge in [-0.1, -0.05) is 107 Å². The number of hydrogen-bond donors (Lipinski definition) is 0. The molecule has 2 aliphatic rings. The first-order valence-corrected chi connectivity index (χ1v) is 11.1. The van der Waals surface area contributed by atoms with Gasteiger partial charge in [-0.3, -0.25) is 0 Å². The van der Waals surface area contributed by atoms with Crippen LogP contribution in [0.15, 0.2) is 108 Å². The van der Waals surface area contributed by atoms with Crippen LogP contribution in [-0.4, -0.2) is 0 Å². The lowest BCUT2D eigenvalue weighted by atomic mass is 9.70. The standard InChI is InChI=1S/C29H17Br/c30-19-14-15-23-27(17-19)29(26-16-13-18-7-1-2-8-20(18)28(23)26)24-11-5-3-9-21(24)22-10-4-6-12-25(22)29/h1-17H. The van der Waals surface area contributed by atoms with Crippen LogP contribution in [0.1, 0.15) is 22.3 Å². The lowest BCUT2D eigenvalue weighted by molar-refractivity contribution is 0.794. The van der Waals surface area contributed by atoms with E-state index >= 15 is 0 Å². The molecule has 0 N–H and O–H groups in total. The van der Waals surface area contributed by atoms with Gasteiger partial charge in [0.2, 0.25) is 0 Å². The van der Waals surface area contributed by atoms with E-state index in [1.165, 1.54) is 55.3 Å². The van der Waals surface area contributed by atoms with Crippen molar-refractivity contribution in [2.24, 2.45) is 0 Å². The summed E-state index contributed by atoms with van der Waals surface area (Å²) in [6.45, 7) is 0. The van der Waals surface area contributed by atoms with E-state index in [-0.39, 0.29) is 5.41 Å². The molecule has 7 rings (SSSR count). The maximum Gasteiger partial charge on any atom is 0.0726 e. The Hall–Kier alpha value is -3.16. The molecule has 1 spiro atoms. The number of fused-ring (bicyclic) bond motifs is 12. The van der Waals surface area contributed by atoms with Gasteiger partial charge in [-0.2, -0.15) is 0 Å². The molecule has 5 aromatic rings. The summed E-state index contributed by atoms with van der Waals surface area (Å²) in [6, 6.07) is 38.1. The minimum atomic E-state index is -0.272. The molecular weight excluding hydrogens is 428 g/mol. The Labute approximate surface area is 184 Å². The van der Waals surface area contributed by atoms with Crippen LogP contribution in [0.5, 0.6) is 0 Å². The van der Waals surface area contributed by atoms with E-state index in [1.807, 2.05) is 0 Å². The van der Waals surface area contributed by atoms with Crippen molar-refractivity contribution in [3.05, 3.63) is 130 Å². The summed E-state index contributed by atoms with van der Waals surface area (Å²) in [5, 5.41) is 2.62. The fourth-order valence-corrected chi connectivity index (χ4v) is 6.24. The molecule has 0 nitrogen and oxygen atoms in total. The van der Waals surface area contributed by atoms with Crippen molar-refractivity contribution in [2.75, 3.05) is 0 Å². The molecule has 0 saturated carbocycles. The van der Waals surface area contributed by atoms with Crippen LogP contribution < -0.4 is 0 Å². The van der Waals surface area contributed by atoms with Gasteiger partial charge in [0, 0.05) is 4.47 Å². The molecule has 0 amide bonds. The highest BCUT2D eigenvalue weighted by molar-refractivity contribution is 9.10. The van der Waals surface area contributed by atoms with Crippen LogP contribution >= 0.6 is 15.9 Å². The molecular formula is C29H17Br. The monoisotopic (exact) mass is 444 g/mol. The molecule has 0 bridgehead atoms. The van der Waals surface area contributed by atoms with Crippen LogP contribution in [0.2, 0.25) is 0 Å². The van der Waals surface area contributed by atoms with Gasteiger partial charge in [0.1, 0.15) is 0 Å². The lowest BCUT2D eigenvalue weighted by Crippen LogP contribution is -2.25. The lowest BCUT2D eigenvalue weighted by Gasteiger charge is -2.30. The summed E-state index contributed by atoms with van der Waals surface area (Å²) in [4.78, 5) is 0. The van der Waals surface area contributed by atoms with Gasteiger partial charge in [0.25, 0.3) is 0 Å². The van der Waals surface area contributed by atoms with Crippen molar-refractivity contribution in [2.45, 2.75) is 5.41 Å². The van der Waals surface area contributed by atoms with E-state index in [4.69, 9.17) is 0 Å². The molecule has 0 saturated heterocycles. The first kappa shape index (κ1) is 16.6. The van der Waals surface area contributed by atoms with Gasteiger partial charge in [0.05, 0.1) is 5.41 Å². The Bertz CT molecular complexity index is 1460. The summed E-state index contributed by atoms with van der Waals surface area (Å²) in [5.41, 5.74) is 10.7. The number of halogens is 1. The molecule has 30 heavy (non-hydrogen) atoms. The zero-order valence-electron chi connectivity index (χ0n) is 16.2. The summed E-state index contributed by atoms with van der Waals surface area (Å²) in [7, 11) is 0. The Morgan fingerprint density at radius 1 is 0.500 bits per heavy atom. The highest BCUT2D eigenvalue weighted by Crippen LogP contribution is 2.63. The molecule has 0 radical (unpaired) electrons. The average Bonchev–Trinajstić information content (AvgIpc) is 3.26. The van der Waals surface area contributed by atoms with Crippen LogP contribution in [0.25, 0.3) is 33.0 Å². The normalized spacial score (nSPS) is 14.4. The molecule has 0 unspecified atom stereocenters. The van der Waals surface area contributed by atoms with Crippen molar-refractivity contribution in [1.29, 1.82) is 0 Å². The van der Waals surface area contributed by atoms with Gasteiger partial charge >= 0.3 is 0 Å². The topological polar surface area (TPSA) is 0 Å². The van der Waals surface area contributed by atoms with Crippen molar-refractivity contribution >= 4 is 26.7 Å². The van der Waals surface area contributed by atoms with Crippen molar-refractivity contribution in [3.8, 4) is 22.3 Å². The molecule has 0 aliphatic heterocycles. The second-order valence-corrected chi connectivity index (χ2v) is 9.16. The minimum Gasteiger partial charge on any atom is -0.0619 e. The first-order valence-electron chi connectivity index (χ1n) is 10.3. The molecule has 140 valence electrons. The maximum atomic E-state index is 3.77. The van der Waals surface area contributed by atoms with Crippen LogP contribution in [0, 0.1) is 0 Å². The summed E-state index contributed by atoms with van der Waals surface area (Å²) >= 11 is 3.77. The summed E-state index contributed by atoms with van der Waals surface area (Å²) in [5.74, 6) is 0. The highest BCUT2D eigenvalue weighted by Gasteiger charge is 2.51. The van der Waals surface area contributed by atoms with E-state index in [1.54, 1.807) is 0 Å². The molecule has 1 heteroatoms. The SMILES string of the molecule is Brc1ccc2c(c1)C1(c3ccccc3-c3ccccc31)c1ccc3ccccc3c1-2. The smallest absolute Gasteiger partial charge is 0.0619 e. The second-order valence-electron chi connectivity index (χ2n) is 8.24.